The summed E-state index contributed by atoms with van der Waals surface area (Å²) in [5, 5.41) is 0. The normalized spacial score (nSPS) is 22.4. The van der Waals surface area contributed by atoms with Gasteiger partial charge < -0.3 is 4.74 Å². The Labute approximate surface area is 118 Å². The monoisotopic (exact) mass is 278 g/mol. The van der Waals surface area contributed by atoms with Crippen molar-refractivity contribution in [2.45, 2.75) is 40.2 Å². The summed E-state index contributed by atoms with van der Waals surface area (Å²) < 4.78 is 18.9. The summed E-state index contributed by atoms with van der Waals surface area (Å²) in [6.07, 6.45) is -0.156. The lowest BCUT2D eigenvalue weighted by atomic mass is 9.81. The summed E-state index contributed by atoms with van der Waals surface area (Å²) in [6.45, 7) is 7.09. The Morgan fingerprint density at radius 3 is 2.60 bits per heavy atom. The maximum absolute atomic E-state index is 13.4. The molecule has 0 bridgehead atoms. The number of ketones is 1. The summed E-state index contributed by atoms with van der Waals surface area (Å²) in [5.41, 5.74) is 0.306. The molecule has 0 radical (unpaired) electrons. The first kappa shape index (κ1) is 14.7. The second kappa shape index (κ2) is 5.00. The van der Waals surface area contributed by atoms with Gasteiger partial charge in [0.15, 0.2) is 5.78 Å². The van der Waals surface area contributed by atoms with Crippen molar-refractivity contribution in [3.63, 3.8) is 0 Å². The number of ether oxygens (including phenoxy) is 1. The van der Waals surface area contributed by atoms with Crippen molar-refractivity contribution < 1.29 is 18.7 Å². The number of fused-ring (bicyclic) bond motifs is 1. The molecule has 2 atom stereocenters. The van der Waals surface area contributed by atoms with Crippen LogP contribution in [-0.4, -0.2) is 11.8 Å². The standard InChI is InChI=1S/C16H19FO3/c1-9-7-13(20-15(19)16(2,3)4)12-8-10(17)5-6-11(12)14(9)18/h5-6,8-9,13H,7H2,1-4H3. The van der Waals surface area contributed by atoms with Crippen LogP contribution in [0.25, 0.3) is 0 Å². The zero-order chi connectivity index (χ0) is 15.1. The highest BCUT2D eigenvalue weighted by molar-refractivity contribution is 6.00. The number of halogens is 1. The molecule has 0 spiro atoms. The molecule has 1 aromatic rings. The maximum Gasteiger partial charge on any atom is 0.311 e. The molecule has 0 aromatic heterocycles. The number of rotatable bonds is 1. The number of carbonyl (C=O) groups is 2. The largest absolute Gasteiger partial charge is 0.457 e. The molecular weight excluding hydrogens is 259 g/mol. The zero-order valence-corrected chi connectivity index (χ0v) is 12.2. The van der Waals surface area contributed by atoms with Gasteiger partial charge in [-0.3, -0.25) is 9.59 Å². The SMILES string of the molecule is CC1CC(OC(=O)C(C)(C)C)c2cc(F)ccc2C1=O. The molecule has 0 N–H and O–H groups in total. The molecule has 20 heavy (non-hydrogen) atoms. The molecule has 0 amide bonds. The molecule has 2 unspecified atom stereocenters. The van der Waals surface area contributed by atoms with Gasteiger partial charge in [-0.15, -0.1) is 0 Å². The van der Waals surface area contributed by atoms with E-state index in [0.717, 1.165) is 0 Å². The van der Waals surface area contributed by atoms with E-state index in [9.17, 15) is 14.0 Å². The highest BCUT2D eigenvalue weighted by Gasteiger charge is 2.35. The zero-order valence-electron chi connectivity index (χ0n) is 12.2. The Morgan fingerprint density at radius 1 is 1.35 bits per heavy atom. The first-order valence-electron chi connectivity index (χ1n) is 6.75. The third-order valence-electron chi connectivity index (χ3n) is 3.50. The molecule has 0 saturated heterocycles. The van der Waals surface area contributed by atoms with E-state index in [-0.39, 0.29) is 17.7 Å². The minimum atomic E-state index is -0.627. The summed E-state index contributed by atoms with van der Waals surface area (Å²) in [7, 11) is 0. The fraction of sp³-hybridized carbons (Fsp3) is 0.500. The molecule has 0 fully saturated rings. The fourth-order valence-corrected chi connectivity index (χ4v) is 2.26. The third-order valence-corrected chi connectivity index (χ3v) is 3.50. The maximum atomic E-state index is 13.4. The van der Waals surface area contributed by atoms with Gasteiger partial charge >= 0.3 is 5.97 Å². The van der Waals surface area contributed by atoms with Crippen molar-refractivity contribution in [3.05, 3.63) is 35.1 Å². The summed E-state index contributed by atoms with van der Waals surface area (Å²) >= 11 is 0. The molecule has 1 aliphatic rings. The fourth-order valence-electron chi connectivity index (χ4n) is 2.26. The van der Waals surface area contributed by atoms with Crippen LogP contribution in [0.3, 0.4) is 0 Å². The van der Waals surface area contributed by atoms with Crippen LogP contribution in [0.1, 0.15) is 56.1 Å². The molecular formula is C16H19FO3. The van der Waals surface area contributed by atoms with Gasteiger partial charge in [0.25, 0.3) is 0 Å². The van der Waals surface area contributed by atoms with Gasteiger partial charge in [0, 0.05) is 17.0 Å². The quantitative estimate of drug-likeness (QED) is 0.736. The van der Waals surface area contributed by atoms with Crippen LogP contribution in [0.5, 0.6) is 0 Å². The van der Waals surface area contributed by atoms with Crippen molar-refractivity contribution in [1.82, 2.24) is 0 Å². The molecule has 4 heteroatoms. The Balaban J connectivity index is 2.36. The van der Waals surface area contributed by atoms with E-state index < -0.39 is 17.3 Å². The van der Waals surface area contributed by atoms with E-state index in [0.29, 0.717) is 17.5 Å². The van der Waals surface area contributed by atoms with Crippen molar-refractivity contribution in [1.29, 1.82) is 0 Å². The Kier molecular flexibility index (Phi) is 3.67. The lowest BCUT2D eigenvalue weighted by Crippen LogP contribution is -2.30. The number of carbonyl (C=O) groups excluding carboxylic acids is 2. The Morgan fingerprint density at radius 2 is 2.00 bits per heavy atom. The minimum Gasteiger partial charge on any atom is -0.457 e. The first-order chi connectivity index (χ1) is 9.20. The topological polar surface area (TPSA) is 43.4 Å². The van der Waals surface area contributed by atoms with Crippen LogP contribution in [0.2, 0.25) is 0 Å². The first-order valence-corrected chi connectivity index (χ1v) is 6.75. The van der Waals surface area contributed by atoms with Gasteiger partial charge in [0.1, 0.15) is 11.9 Å². The summed E-state index contributed by atoms with van der Waals surface area (Å²) in [5.74, 6) is -1.03. The molecule has 0 saturated carbocycles. The van der Waals surface area contributed by atoms with Crippen molar-refractivity contribution in [3.8, 4) is 0 Å². The van der Waals surface area contributed by atoms with E-state index in [4.69, 9.17) is 4.74 Å². The summed E-state index contributed by atoms with van der Waals surface area (Å²) in [4.78, 5) is 24.1. The molecule has 2 rings (SSSR count). The van der Waals surface area contributed by atoms with Crippen LogP contribution in [0.15, 0.2) is 18.2 Å². The molecule has 0 aliphatic heterocycles. The second-order valence-corrected chi connectivity index (χ2v) is 6.38. The van der Waals surface area contributed by atoms with E-state index in [1.54, 1.807) is 27.7 Å². The van der Waals surface area contributed by atoms with Crippen LogP contribution in [0.4, 0.5) is 4.39 Å². The van der Waals surface area contributed by atoms with Crippen LogP contribution in [0, 0.1) is 17.2 Å². The molecule has 1 aliphatic carbocycles. The smallest absolute Gasteiger partial charge is 0.311 e. The summed E-state index contributed by atoms with van der Waals surface area (Å²) in [6, 6.07) is 4.03. The Hall–Kier alpha value is -1.71. The number of hydrogen-bond donors (Lipinski definition) is 0. The van der Waals surface area contributed by atoms with E-state index in [1.165, 1.54) is 18.2 Å². The number of hydrogen-bond acceptors (Lipinski definition) is 3. The van der Waals surface area contributed by atoms with Crippen LogP contribution >= 0.6 is 0 Å². The van der Waals surface area contributed by atoms with E-state index in [2.05, 4.69) is 0 Å². The third kappa shape index (κ3) is 2.74. The predicted octanol–water partition coefficient (Wildman–Crippen LogP) is 3.68. The second-order valence-electron chi connectivity index (χ2n) is 6.38. The van der Waals surface area contributed by atoms with Gasteiger partial charge in [-0.05, 0) is 45.4 Å². The number of benzene rings is 1. The van der Waals surface area contributed by atoms with Crippen molar-refractivity contribution >= 4 is 11.8 Å². The average Bonchev–Trinajstić information content (AvgIpc) is 2.34. The molecule has 0 heterocycles. The van der Waals surface area contributed by atoms with Gasteiger partial charge in [-0.2, -0.15) is 0 Å². The number of esters is 1. The predicted molar refractivity (Wildman–Crippen MR) is 72.8 cm³/mol. The number of Topliss-reactive ketones (excluding diaryl/α,β-unsaturated/α-hetero) is 1. The van der Waals surface area contributed by atoms with Gasteiger partial charge in [-0.25, -0.2) is 4.39 Å². The van der Waals surface area contributed by atoms with Gasteiger partial charge in [0.05, 0.1) is 5.41 Å². The van der Waals surface area contributed by atoms with E-state index >= 15 is 0 Å². The van der Waals surface area contributed by atoms with Crippen LogP contribution in [-0.2, 0) is 9.53 Å². The van der Waals surface area contributed by atoms with Gasteiger partial charge in [0.2, 0.25) is 0 Å². The van der Waals surface area contributed by atoms with Crippen molar-refractivity contribution in [2.24, 2.45) is 11.3 Å². The lowest BCUT2D eigenvalue weighted by Gasteiger charge is -2.30. The highest BCUT2D eigenvalue weighted by atomic mass is 19.1. The molecule has 3 nitrogen and oxygen atoms in total. The highest BCUT2D eigenvalue weighted by Crippen LogP contribution is 2.37. The minimum absolute atomic E-state index is 0.0249. The lowest BCUT2D eigenvalue weighted by molar-refractivity contribution is -0.160. The molecule has 108 valence electrons. The Bertz CT molecular complexity index is 557. The van der Waals surface area contributed by atoms with Crippen LogP contribution < -0.4 is 0 Å². The average molecular weight is 278 g/mol. The van der Waals surface area contributed by atoms with E-state index in [1.807, 2.05) is 0 Å². The molecule has 1 aromatic carbocycles. The van der Waals surface area contributed by atoms with Gasteiger partial charge in [-0.1, -0.05) is 6.92 Å². The van der Waals surface area contributed by atoms with Crippen molar-refractivity contribution in [2.75, 3.05) is 0 Å².